The number of carbonyl (C=O) groups excluding carboxylic acids is 1. The van der Waals surface area contributed by atoms with Gasteiger partial charge in [0, 0.05) is 6.54 Å². The lowest BCUT2D eigenvalue weighted by molar-refractivity contribution is 0.0950. The summed E-state index contributed by atoms with van der Waals surface area (Å²) in [5.74, 6) is 0.750. The lowest BCUT2D eigenvalue weighted by atomic mass is 10.2. The maximum Gasteiger partial charge on any atom is 0.254 e. The molecule has 2 N–H and O–H groups in total. The minimum atomic E-state index is -0.171. The first kappa shape index (κ1) is 11.3. The van der Waals surface area contributed by atoms with Crippen LogP contribution in [-0.4, -0.2) is 11.0 Å². The lowest BCUT2D eigenvalue weighted by Crippen LogP contribution is -2.22. The van der Waals surface area contributed by atoms with Gasteiger partial charge in [-0.2, -0.15) is 0 Å². The summed E-state index contributed by atoms with van der Waals surface area (Å²) < 4.78 is 5.06. The fourth-order valence-corrected chi connectivity index (χ4v) is 1.46. The Morgan fingerprint density at radius 1 is 1.35 bits per heavy atom. The average Bonchev–Trinajstić information content (AvgIpc) is 2.75. The molecule has 1 amide bonds. The van der Waals surface area contributed by atoms with Crippen LogP contribution in [0.15, 0.2) is 41.0 Å². The minimum Gasteiger partial charge on any atom is -0.508 e. The first-order chi connectivity index (χ1) is 8.15. The molecule has 17 heavy (non-hydrogen) atoms. The van der Waals surface area contributed by atoms with Crippen molar-refractivity contribution in [2.45, 2.75) is 13.5 Å². The number of furan rings is 1. The van der Waals surface area contributed by atoms with Crippen LogP contribution in [0.3, 0.4) is 0 Å². The fourth-order valence-electron chi connectivity index (χ4n) is 1.46. The van der Waals surface area contributed by atoms with Gasteiger partial charge in [-0.15, -0.1) is 0 Å². The first-order valence-corrected chi connectivity index (χ1v) is 5.26. The molecule has 0 fully saturated rings. The number of hydrogen-bond donors (Lipinski definition) is 2. The van der Waals surface area contributed by atoms with Crippen molar-refractivity contribution in [1.82, 2.24) is 5.32 Å². The third-order valence-electron chi connectivity index (χ3n) is 2.38. The predicted octanol–water partition coefficient (Wildman–Crippen LogP) is 2.22. The highest BCUT2D eigenvalue weighted by atomic mass is 16.3. The molecule has 1 heterocycles. The van der Waals surface area contributed by atoms with Crippen molar-refractivity contribution in [3.63, 3.8) is 0 Å². The highest BCUT2D eigenvalue weighted by Gasteiger charge is 2.07. The van der Waals surface area contributed by atoms with Gasteiger partial charge in [0.05, 0.1) is 5.56 Å². The number of hydrogen-bond acceptors (Lipinski definition) is 3. The summed E-state index contributed by atoms with van der Waals surface area (Å²) in [6, 6.07) is 8.38. The third kappa shape index (κ3) is 2.87. The Morgan fingerprint density at radius 2 is 2.06 bits per heavy atom. The number of phenolic OH excluding ortho intramolecular Hbond substituents is 1. The molecule has 0 bridgehead atoms. The Hall–Kier alpha value is -2.23. The van der Waals surface area contributed by atoms with E-state index in [0.29, 0.717) is 17.9 Å². The van der Waals surface area contributed by atoms with Crippen molar-refractivity contribution in [2.75, 3.05) is 0 Å². The number of carbonyl (C=O) groups is 1. The zero-order valence-electron chi connectivity index (χ0n) is 9.43. The van der Waals surface area contributed by atoms with Crippen molar-refractivity contribution >= 4 is 5.91 Å². The Morgan fingerprint density at radius 3 is 2.65 bits per heavy atom. The summed E-state index contributed by atoms with van der Waals surface area (Å²) in [7, 11) is 0. The summed E-state index contributed by atoms with van der Waals surface area (Å²) in [5, 5.41) is 11.9. The van der Waals surface area contributed by atoms with Gasteiger partial charge in [-0.1, -0.05) is 12.1 Å². The van der Waals surface area contributed by atoms with Gasteiger partial charge >= 0.3 is 0 Å². The van der Waals surface area contributed by atoms with E-state index < -0.39 is 0 Å². The van der Waals surface area contributed by atoms with E-state index in [4.69, 9.17) is 9.52 Å². The molecule has 0 saturated heterocycles. The van der Waals surface area contributed by atoms with Crippen molar-refractivity contribution in [3.8, 4) is 5.75 Å². The van der Waals surface area contributed by atoms with E-state index in [9.17, 15) is 4.79 Å². The Labute approximate surface area is 98.9 Å². The molecular formula is C13H13NO3. The summed E-state index contributed by atoms with van der Waals surface area (Å²) in [5.41, 5.74) is 1.44. The van der Waals surface area contributed by atoms with E-state index in [1.54, 1.807) is 37.3 Å². The molecule has 88 valence electrons. The number of benzene rings is 1. The molecule has 1 aromatic carbocycles. The normalized spacial score (nSPS) is 10.2. The molecular weight excluding hydrogens is 218 g/mol. The average molecular weight is 231 g/mol. The van der Waals surface area contributed by atoms with Gasteiger partial charge in [0.25, 0.3) is 5.91 Å². The summed E-state index contributed by atoms with van der Waals surface area (Å²) in [4.78, 5) is 11.7. The number of amides is 1. The van der Waals surface area contributed by atoms with E-state index >= 15 is 0 Å². The number of aryl methyl sites for hydroxylation is 1. The molecule has 0 unspecified atom stereocenters. The molecule has 4 nitrogen and oxygen atoms in total. The number of rotatable bonds is 3. The Bertz CT molecular complexity index is 514. The highest BCUT2D eigenvalue weighted by Crippen LogP contribution is 2.10. The Kier molecular flexibility index (Phi) is 3.14. The number of phenols is 1. The maximum atomic E-state index is 11.7. The molecule has 0 aliphatic carbocycles. The highest BCUT2D eigenvalue weighted by molar-refractivity contribution is 5.93. The number of aromatic hydroxyl groups is 1. The van der Waals surface area contributed by atoms with Crippen LogP contribution >= 0.6 is 0 Å². The first-order valence-electron chi connectivity index (χ1n) is 5.26. The minimum absolute atomic E-state index is 0.171. The van der Waals surface area contributed by atoms with Gasteiger partial charge in [-0.3, -0.25) is 4.79 Å². The van der Waals surface area contributed by atoms with Gasteiger partial charge in [0.15, 0.2) is 0 Å². The lowest BCUT2D eigenvalue weighted by Gasteiger charge is -2.03. The van der Waals surface area contributed by atoms with Crippen LogP contribution in [0.25, 0.3) is 0 Å². The largest absolute Gasteiger partial charge is 0.508 e. The van der Waals surface area contributed by atoms with Crippen molar-refractivity contribution < 1.29 is 14.3 Å². The molecule has 0 aliphatic heterocycles. The van der Waals surface area contributed by atoms with Crippen molar-refractivity contribution in [2.24, 2.45) is 0 Å². The third-order valence-corrected chi connectivity index (χ3v) is 2.38. The van der Waals surface area contributed by atoms with Crippen LogP contribution in [0.2, 0.25) is 0 Å². The van der Waals surface area contributed by atoms with Crippen LogP contribution < -0.4 is 5.32 Å². The maximum absolute atomic E-state index is 11.7. The van der Waals surface area contributed by atoms with Gasteiger partial charge in [0.1, 0.15) is 17.8 Å². The molecule has 0 saturated carbocycles. The Balaban J connectivity index is 1.94. The quantitative estimate of drug-likeness (QED) is 0.851. The van der Waals surface area contributed by atoms with Gasteiger partial charge < -0.3 is 14.8 Å². The molecule has 4 heteroatoms. The van der Waals surface area contributed by atoms with Crippen molar-refractivity contribution in [3.05, 3.63) is 53.5 Å². The predicted molar refractivity (Wildman–Crippen MR) is 62.7 cm³/mol. The standard InChI is InChI=1S/C13H13NO3/c1-9-6-11(8-17-9)13(16)14-7-10-2-4-12(15)5-3-10/h2-6,8,15H,7H2,1H3,(H,14,16). The second kappa shape index (κ2) is 4.74. The number of nitrogens with one attached hydrogen (secondary N) is 1. The van der Waals surface area contributed by atoms with E-state index in [-0.39, 0.29) is 11.7 Å². The molecule has 0 spiro atoms. The summed E-state index contributed by atoms with van der Waals surface area (Å²) >= 11 is 0. The van der Waals surface area contributed by atoms with Crippen LogP contribution in [0.1, 0.15) is 21.7 Å². The van der Waals surface area contributed by atoms with E-state index in [1.807, 2.05) is 0 Å². The van der Waals surface area contributed by atoms with E-state index in [2.05, 4.69) is 5.32 Å². The van der Waals surface area contributed by atoms with E-state index in [0.717, 1.165) is 5.56 Å². The smallest absolute Gasteiger partial charge is 0.254 e. The van der Waals surface area contributed by atoms with Crippen LogP contribution in [-0.2, 0) is 6.54 Å². The summed E-state index contributed by atoms with van der Waals surface area (Å²) in [6.45, 7) is 2.21. The monoisotopic (exact) mass is 231 g/mol. The van der Waals surface area contributed by atoms with Crippen LogP contribution in [0.4, 0.5) is 0 Å². The fraction of sp³-hybridized carbons (Fsp3) is 0.154. The zero-order chi connectivity index (χ0) is 12.3. The van der Waals surface area contributed by atoms with Gasteiger partial charge in [-0.05, 0) is 30.7 Å². The molecule has 2 aromatic rings. The topological polar surface area (TPSA) is 62.5 Å². The van der Waals surface area contributed by atoms with E-state index in [1.165, 1.54) is 6.26 Å². The SMILES string of the molecule is Cc1cc(C(=O)NCc2ccc(O)cc2)co1. The molecule has 0 aliphatic rings. The molecule has 0 atom stereocenters. The molecule has 2 rings (SSSR count). The van der Waals surface area contributed by atoms with Crippen LogP contribution in [0, 0.1) is 6.92 Å². The second-order valence-corrected chi connectivity index (χ2v) is 3.80. The van der Waals surface area contributed by atoms with Gasteiger partial charge in [-0.25, -0.2) is 0 Å². The molecule has 1 aromatic heterocycles. The van der Waals surface area contributed by atoms with Crippen molar-refractivity contribution in [1.29, 1.82) is 0 Å². The summed E-state index contributed by atoms with van der Waals surface area (Å²) in [6.07, 6.45) is 1.43. The van der Waals surface area contributed by atoms with Gasteiger partial charge in [0.2, 0.25) is 0 Å². The zero-order valence-corrected chi connectivity index (χ0v) is 9.43. The molecule has 0 radical (unpaired) electrons. The second-order valence-electron chi connectivity index (χ2n) is 3.80. The van der Waals surface area contributed by atoms with Crippen LogP contribution in [0.5, 0.6) is 5.75 Å².